The molecule has 3 rings (SSSR count). The zero-order valence-corrected chi connectivity index (χ0v) is 16.5. The number of fused-ring (bicyclic) bond motifs is 3. The van der Waals surface area contributed by atoms with E-state index in [9.17, 15) is 4.79 Å². The van der Waals surface area contributed by atoms with E-state index in [1.165, 1.54) is 16.6 Å². The molecule has 130 valence electrons. The Morgan fingerprint density at radius 1 is 1.46 bits per heavy atom. The number of rotatable bonds is 1. The second-order valence-electron chi connectivity index (χ2n) is 7.50. The summed E-state index contributed by atoms with van der Waals surface area (Å²) in [4.78, 5) is 18.7. The first kappa shape index (κ1) is 17.3. The fraction of sp³-hybridized carbons (Fsp3) is 0.556. The van der Waals surface area contributed by atoms with Crippen molar-refractivity contribution in [3.8, 4) is 0 Å². The standard InChI is InChI=1S/C18H24BrN3O2/c1-18(2,3)24-17(23)21(4)12-6-7-15-13(9-12)14-8-11(19)10-20-16(14)22(15)5/h8,10,12H,6-7,9H2,1-5H3. The van der Waals surface area contributed by atoms with Gasteiger partial charge in [0.05, 0.1) is 0 Å². The maximum Gasteiger partial charge on any atom is 0.410 e. The monoisotopic (exact) mass is 393 g/mol. The number of halogens is 1. The molecule has 2 aromatic heterocycles. The first-order valence-electron chi connectivity index (χ1n) is 8.25. The summed E-state index contributed by atoms with van der Waals surface area (Å²) >= 11 is 3.51. The van der Waals surface area contributed by atoms with Crippen molar-refractivity contribution in [2.75, 3.05) is 7.05 Å². The molecule has 0 saturated heterocycles. The molecule has 1 aliphatic carbocycles. The molecule has 1 aliphatic rings. The van der Waals surface area contributed by atoms with Crippen LogP contribution in [-0.4, -0.2) is 39.2 Å². The molecule has 0 fully saturated rings. The Hall–Kier alpha value is -1.56. The minimum absolute atomic E-state index is 0.150. The molecule has 1 unspecified atom stereocenters. The third-order valence-corrected chi connectivity index (χ3v) is 5.05. The van der Waals surface area contributed by atoms with Crippen LogP contribution in [0.15, 0.2) is 16.7 Å². The molecular formula is C18H24BrN3O2. The number of aryl methyl sites for hydroxylation is 1. The number of carbonyl (C=O) groups excluding carboxylic acids is 1. The SMILES string of the molecule is CN(C(=O)OC(C)(C)C)C1CCc2c(c3cc(Br)cnc3n2C)C1. The normalized spacial score (nSPS) is 17.7. The van der Waals surface area contributed by atoms with Crippen molar-refractivity contribution < 1.29 is 9.53 Å². The van der Waals surface area contributed by atoms with E-state index >= 15 is 0 Å². The molecule has 5 nitrogen and oxygen atoms in total. The Morgan fingerprint density at radius 3 is 2.83 bits per heavy atom. The van der Waals surface area contributed by atoms with E-state index in [1.54, 1.807) is 4.90 Å². The lowest BCUT2D eigenvalue weighted by Crippen LogP contribution is -2.43. The van der Waals surface area contributed by atoms with Gasteiger partial charge in [0, 0.05) is 41.9 Å². The molecule has 2 heterocycles. The lowest BCUT2D eigenvalue weighted by molar-refractivity contribution is 0.0210. The van der Waals surface area contributed by atoms with Gasteiger partial charge in [0.15, 0.2) is 0 Å². The maximum atomic E-state index is 12.4. The maximum absolute atomic E-state index is 12.4. The van der Waals surface area contributed by atoms with Crippen LogP contribution in [0.5, 0.6) is 0 Å². The highest BCUT2D eigenvalue weighted by molar-refractivity contribution is 9.10. The molecule has 0 aliphatic heterocycles. The van der Waals surface area contributed by atoms with Crippen LogP contribution < -0.4 is 0 Å². The Morgan fingerprint density at radius 2 is 2.17 bits per heavy atom. The van der Waals surface area contributed by atoms with Crippen LogP contribution in [-0.2, 0) is 24.6 Å². The van der Waals surface area contributed by atoms with E-state index in [2.05, 4.69) is 38.6 Å². The van der Waals surface area contributed by atoms with Crippen molar-refractivity contribution in [1.29, 1.82) is 0 Å². The average molecular weight is 394 g/mol. The van der Waals surface area contributed by atoms with Gasteiger partial charge in [-0.25, -0.2) is 9.78 Å². The number of pyridine rings is 1. The van der Waals surface area contributed by atoms with Crippen molar-refractivity contribution in [3.63, 3.8) is 0 Å². The number of aromatic nitrogens is 2. The zero-order valence-electron chi connectivity index (χ0n) is 14.9. The van der Waals surface area contributed by atoms with Crippen LogP contribution in [0.3, 0.4) is 0 Å². The summed E-state index contributed by atoms with van der Waals surface area (Å²) in [6.07, 6.45) is 4.29. The Kier molecular flexibility index (Phi) is 4.36. The van der Waals surface area contributed by atoms with Gasteiger partial charge in [0.1, 0.15) is 11.2 Å². The number of nitrogens with zero attached hydrogens (tertiary/aromatic N) is 3. The number of likely N-dealkylation sites (N-methyl/N-ethyl adjacent to an activating group) is 1. The summed E-state index contributed by atoms with van der Waals surface area (Å²) in [5, 5.41) is 1.17. The molecule has 0 aromatic carbocycles. The van der Waals surface area contributed by atoms with Gasteiger partial charge in [-0.05, 0) is 67.6 Å². The Bertz CT molecular complexity index is 792. The molecule has 2 aromatic rings. The van der Waals surface area contributed by atoms with E-state index in [-0.39, 0.29) is 12.1 Å². The highest BCUT2D eigenvalue weighted by Gasteiger charge is 2.31. The number of hydrogen-bond donors (Lipinski definition) is 0. The topological polar surface area (TPSA) is 47.4 Å². The Labute approximate surface area is 151 Å². The lowest BCUT2D eigenvalue weighted by atomic mass is 9.91. The van der Waals surface area contributed by atoms with Gasteiger partial charge in [0.25, 0.3) is 0 Å². The molecule has 0 spiro atoms. The number of hydrogen-bond acceptors (Lipinski definition) is 3. The molecule has 0 saturated carbocycles. The third-order valence-electron chi connectivity index (χ3n) is 4.61. The summed E-state index contributed by atoms with van der Waals surface area (Å²) in [5.74, 6) is 0. The highest BCUT2D eigenvalue weighted by atomic mass is 79.9. The van der Waals surface area contributed by atoms with Gasteiger partial charge in [-0.15, -0.1) is 0 Å². The fourth-order valence-electron chi connectivity index (χ4n) is 3.41. The van der Waals surface area contributed by atoms with Crippen molar-refractivity contribution in [3.05, 3.63) is 28.0 Å². The highest BCUT2D eigenvalue weighted by Crippen LogP contribution is 2.33. The molecule has 24 heavy (non-hydrogen) atoms. The van der Waals surface area contributed by atoms with Gasteiger partial charge < -0.3 is 14.2 Å². The minimum Gasteiger partial charge on any atom is -0.444 e. The third kappa shape index (κ3) is 3.16. The van der Waals surface area contributed by atoms with E-state index in [4.69, 9.17) is 4.74 Å². The molecule has 1 atom stereocenters. The average Bonchev–Trinajstić information content (AvgIpc) is 2.77. The van der Waals surface area contributed by atoms with Gasteiger partial charge in [-0.3, -0.25) is 0 Å². The molecule has 0 radical (unpaired) electrons. The zero-order chi connectivity index (χ0) is 17.6. The van der Waals surface area contributed by atoms with Gasteiger partial charge in [-0.1, -0.05) is 0 Å². The van der Waals surface area contributed by atoms with Crippen LogP contribution in [0, 0.1) is 0 Å². The van der Waals surface area contributed by atoms with Gasteiger partial charge in [0.2, 0.25) is 0 Å². The molecule has 0 N–H and O–H groups in total. The van der Waals surface area contributed by atoms with Crippen LogP contribution in [0.1, 0.15) is 38.4 Å². The van der Waals surface area contributed by atoms with Crippen LogP contribution >= 0.6 is 15.9 Å². The minimum atomic E-state index is -0.473. The second kappa shape index (κ2) is 6.06. The summed E-state index contributed by atoms with van der Waals surface area (Å²) in [5.41, 5.74) is 3.15. The van der Waals surface area contributed by atoms with Crippen molar-refractivity contribution in [2.45, 2.75) is 51.7 Å². The number of carbonyl (C=O) groups is 1. The Balaban J connectivity index is 1.89. The molecule has 1 amide bonds. The quantitative estimate of drug-likeness (QED) is 0.733. The summed E-state index contributed by atoms with van der Waals surface area (Å²) in [6.45, 7) is 5.68. The first-order chi connectivity index (χ1) is 11.2. The van der Waals surface area contributed by atoms with Gasteiger partial charge >= 0.3 is 6.09 Å². The summed E-state index contributed by atoms with van der Waals surface area (Å²) in [6, 6.07) is 2.27. The summed E-state index contributed by atoms with van der Waals surface area (Å²) in [7, 11) is 3.91. The van der Waals surface area contributed by atoms with Crippen molar-refractivity contribution in [1.82, 2.24) is 14.5 Å². The second-order valence-corrected chi connectivity index (χ2v) is 8.41. The van der Waals surface area contributed by atoms with E-state index < -0.39 is 5.60 Å². The number of ether oxygens (including phenoxy) is 1. The van der Waals surface area contributed by atoms with Crippen molar-refractivity contribution in [2.24, 2.45) is 7.05 Å². The largest absolute Gasteiger partial charge is 0.444 e. The van der Waals surface area contributed by atoms with E-state index in [1.807, 2.05) is 34.0 Å². The van der Waals surface area contributed by atoms with Crippen LogP contribution in [0.25, 0.3) is 11.0 Å². The van der Waals surface area contributed by atoms with Gasteiger partial charge in [-0.2, -0.15) is 0 Å². The molecular weight excluding hydrogens is 370 g/mol. The summed E-state index contributed by atoms with van der Waals surface area (Å²) < 4.78 is 8.67. The van der Waals surface area contributed by atoms with E-state index in [0.29, 0.717) is 0 Å². The number of amides is 1. The van der Waals surface area contributed by atoms with Crippen LogP contribution in [0.4, 0.5) is 4.79 Å². The first-order valence-corrected chi connectivity index (χ1v) is 9.04. The van der Waals surface area contributed by atoms with Crippen molar-refractivity contribution >= 4 is 33.1 Å². The lowest BCUT2D eigenvalue weighted by Gasteiger charge is -2.33. The molecule has 0 bridgehead atoms. The fourth-order valence-corrected chi connectivity index (χ4v) is 3.74. The van der Waals surface area contributed by atoms with Crippen LogP contribution in [0.2, 0.25) is 0 Å². The van der Waals surface area contributed by atoms with E-state index in [0.717, 1.165) is 29.4 Å². The smallest absolute Gasteiger partial charge is 0.410 e. The predicted molar refractivity (Wildman–Crippen MR) is 98.2 cm³/mol. The molecule has 6 heteroatoms. The predicted octanol–water partition coefficient (Wildman–Crippen LogP) is 4.06.